The second kappa shape index (κ2) is 5.09. The molecule has 0 aromatic heterocycles. The van der Waals surface area contributed by atoms with E-state index in [1.807, 2.05) is 0 Å². The number of rotatable bonds is 1. The Kier molecular flexibility index (Phi) is 3.41. The van der Waals surface area contributed by atoms with Crippen molar-refractivity contribution < 1.29 is 18.0 Å². The van der Waals surface area contributed by atoms with E-state index in [1.165, 1.54) is 0 Å². The molecular formula is C14H15F3N2O. The summed E-state index contributed by atoms with van der Waals surface area (Å²) in [6, 6.07) is 1.87. The van der Waals surface area contributed by atoms with Crippen molar-refractivity contribution in [2.75, 3.05) is 26.2 Å². The first-order valence-electron chi connectivity index (χ1n) is 6.74. The van der Waals surface area contributed by atoms with Gasteiger partial charge in [0.25, 0.3) is 5.91 Å². The van der Waals surface area contributed by atoms with E-state index >= 15 is 0 Å². The van der Waals surface area contributed by atoms with Gasteiger partial charge in [0.15, 0.2) is 17.5 Å². The highest BCUT2D eigenvalue weighted by molar-refractivity contribution is 5.94. The molecule has 3 nitrogen and oxygen atoms in total. The van der Waals surface area contributed by atoms with Gasteiger partial charge in [-0.25, -0.2) is 13.2 Å². The summed E-state index contributed by atoms with van der Waals surface area (Å²) in [5, 5.41) is 0. The minimum Gasteiger partial charge on any atom is -0.336 e. The van der Waals surface area contributed by atoms with Crippen molar-refractivity contribution in [1.82, 2.24) is 9.80 Å². The van der Waals surface area contributed by atoms with Crippen molar-refractivity contribution in [2.24, 2.45) is 0 Å². The van der Waals surface area contributed by atoms with Gasteiger partial charge in [-0.1, -0.05) is 0 Å². The van der Waals surface area contributed by atoms with Crippen LogP contribution < -0.4 is 0 Å². The van der Waals surface area contributed by atoms with Gasteiger partial charge in [-0.05, 0) is 31.5 Å². The zero-order chi connectivity index (χ0) is 14.3. The summed E-state index contributed by atoms with van der Waals surface area (Å²) in [7, 11) is 0. The Labute approximate surface area is 115 Å². The molecule has 0 N–H and O–H groups in total. The topological polar surface area (TPSA) is 23.6 Å². The molecule has 2 saturated heterocycles. The lowest BCUT2D eigenvalue weighted by Crippen LogP contribution is -2.52. The molecule has 2 fully saturated rings. The number of benzene rings is 1. The Morgan fingerprint density at radius 3 is 2.50 bits per heavy atom. The van der Waals surface area contributed by atoms with Crippen LogP contribution in [0.25, 0.3) is 0 Å². The number of fused-ring (bicyclic) bond motifs is 1. The van der Waals surface area contributed by atoms with E-state index in [2.05, 4.69) is 4.90 Å². The fourth-order valence-electron chi connectivity index (χ4n) is 3.04. The maximum Gasteiger partial charge on any atom is 0.254 e. The van der Waals surface area contributed by atoms with E-state index in [0.717, 1.165) is 38.1 Å². The second-order valence-electron chi connectivity index (χ2n) is 5.34. The molecule has 0 radical (unpaired) electrons. The standard InChI is InChI=1S/C14H15F3N2O/c15-11-6-9(7-12(16)13(11)17)14(20)19-5-4-18-3-1-2-10(18)8-19/h6-7,10H,1-5,8H2. The van der Waals surface area contributed by atoms with E-state index in [0.29, 0.717) is 19.1 Å². The maximum atomic E-state index is 13.2. The number of carbonyl (C=O) groups excluding carboxylic acids is 1. The van der Waals surface area contributed by atoms with Crippen LogP contribution in [0.2, 0.25) is 0 Å². The molecule has 3 rings (SSSR count). The lowest BCUT2D eigenvalue weighted by molar-refractivity contribution is 0.0570. The van der Waals surface area contributed by atoms with Crippen LogP contribution in [0.4, 0.5) is 13.2 Å². The summed E-state index contributed by atoms with van der Waals surface area (Å²) in [6.45, 7) is 2.93. The number of piperazine rings is 1. The molecule has 0 bridgehead atoms. The van der Waals surface area contributed by atoms with Gasteiger partial charge in [-0.3, -0.25) is 9.69 Å². The van der Waals surface area contributed by atoms with Crippen LogP contribution in [-0.4, -0.2) is 47.9 Å². The SMILES string of the molecule is O=C(c1cc(F)c(F)c(F)c1)N1CCN2CCCC2C1. The predicted octanol–water partition coefficient (Wildman–Crippen LogP) is 2.02. The zero-order valence-corrected chi connectivity index (χ0v) is 10.9. The second-order valence-corrected chi connectivity index (χ2v) is 5.34. The van der Waals surface area contributed by atoms with Crippen LogP contribution >= 0.6 is 0 Å². The number of hydrogen-bond acceptors (Lipinski definition) is 2. The number of hydrogen-bond donors (Lipinski definition) is 0. The summed E-state index contributed by atoms with van der Waals surface area (Å²) in [5.41, 5.74) is -0.132. The molecule has 6 heteroatoms. The highest BCUT2D eigenvalue weighted by atomic mass is 19.2. The van der Waals surface area contributed by atoms with Gasteiger partial charge in [0.2, 0.25) is 0 Å². The Balaban J connectivity index is 1.79. The molecule has 2 aliphatic rings. The van der Waals surface area contributed by atoms with Crippen LogP contribution in [0.5, 0.6) is 0 Å². The third kappa shape index (κ3) is 2.28. The molecule has 20 heavy (non-hydrogen) atoms. The number of carbonyl (C=O) groups is 1. The molecule has 1 amide bonds. The van der Waals surface area contributed by atoms with Gasteiger partial charge in [0.05, 0.1) is 0 Å². The van der Waals surface area contributed by atoms with Gasteiger partial charge < -0.3 is 4.90 Å². The highest BCUT2D eigenvalue weighted by Gasteiger charge is 2.33. The van der Waals surface area contributed by atoms with Gasteiger partial charge in [-0.2, -0.15) is 0 Å². The van der Waals surface area contributed by atoms with Crippen molar-refractivity contribution >= 4 is 5.91 Å². The first kappa shape index (κ1) is 13.4. The van der Waals surface area contributed by atoms with Crippen LogP contribution in [0.3, 0.4) is 0 Å². The van der Waals surface area contributed by atoms with E-state index in [4.69, 9.17) is 0 Å². The third-order valence-corrected chi connectivity index (χ3v) is 4.11. The fourth-order valence-corrected chi connectivity index (χ4v) is 3.04. The van der Waals surface area contributed by atoms with Gasteiger partial charge in [-0.15, -0.1) is 0 Å². The van der Waals surface area contributed by atoms with E-state index in [9.17, 15) is 18.0 Å². The summed E-state index contributed by atoms with van der Waals surface area (Å²) in [6.07, 6.45) is 2.16. The molecule has 1 aromatic rings. The van der Waals surface area contributed by atoms with Crippen molar-refractivity contribution in [3.63, 3.8) is 0 Å². The summed E-state index contributed by atoms with van der Waals surface area (Å²) < 4.78 is 39.3. The van der Waals surface area contributed by atoms with E-state index in [1.54, 1.807) is 4.90 Å². The molecular weight excluding hydrogens is 269 g/mol. The molecule has 1 unspecified atom stereocenters. The Bertz CT molecular complexity index is 526. The summed E-state index contributed by atoms with van der Waals surface area (Å²) in [5.74, 6) is -4.63. The molecule has 1 atom stereocenters. The molecule has 0 saturated carbocycles. The van der Waals surface area contributed by atoms with E-state index in [-0.39, 0.29) is 5.56 Å². The van der Waals surface area contributed by atoms with E-state index < -0.39 is 23.4 Å². The smallest absolute Gasteiger partial charge is 0.254 e. The van der Waals surface area contributed by atoms with Crippen LogP contribution in [0.1, 0.15) is 23.2 Å². The molecule has 0 aliphatic carbocycles. The Hall–Kier alpha value is -1.56. The van der Waals surface area contributed by atoms with Crippen molar-refractivity contribution in [3.8, 4) is 0 Å². The largest absolute Gasteiger partial charge is 0.336 e. The minimum absolute atomic E-state index is 0.132. The fraction of sp³-hybridized carbons (Fsp3) is 0.500. The molecule has 0 spiro atoms. The molecule has 1 aromatic carbocycles. The van der Waals surface area contributed by atoms with Crippen molar-refractivity contribution in [2.45, 2.75) is 18.9 Å². The monoisotopic (exact) mass is 284 g/mol. The van der Waals surface area contributed by atoms with Crippen LogP contribution in [-0.2, 0) is 0 Å². The Morgan fingerprint density at radius 1 is 1.10 bits per heavy atom. The summed E-state index contributed by atoms with van der Waals surface area (Å²) >= 11 is 0. The predicted molar refractivity (Wildman–Crippen MR) is 66.8 cm³/mol. The zero-order valence-electron chi connectivity index (χ0n) is 10.9. The van der Waals surface area contributed by atoms with Crippen LogP contribution in [0.15, 0.2) is 12.1 Å². The maximum absolute atomic E-state index is 13.2. The molecule has 2 heterocycles. The quantitative estimate of drug-likeness (QED) is 0.737. The number of halogens is 3. The summed E-state index contributed by atoms with van der Waals surface area (Å²) in [4.78, 5) is 16.2. The van der Waals surface area contributed by atoms with Gasteiger partial charge in [0, 0.05) is 31.2 Å². The lowest BCUT2D eigenvalue weighted by Gasteiger charge is -2.37. The number of nitrogens with zero attached hydrogens (tertiary/aromatic N) is 2. The first-order valence-corrected chi connectivity index (χ1v) is 6.74. The van der Waals surface area contributed by atoms with Gasteiger partial charge in [0.1, 0.15) is 0 Å². The average molecular weight is 284 g/mol. The average Bonchev–Trinajstić information content (AvgIpc) is 2.90. The molecule has 108 valence electrons. The van der Waals surface area contributed by atoms with Crippen molar-refractivity contribution in [3.05, 3.63) is 35.1 Å². The Morgan fingerprint density at radius 2 is 1.80 bits per heavy atom. The van der Waals surface area contributed by atoms with Crippen LogP contribution in [0, 0.1) is 17.5 Å². The van der Waals surface area contributed by atoms with Crippen molar-refractivity contribution in [1.29, 1.82) is 0 Å². The first-order chi connectivity index (χ1) is 9.56. The minimum atomic E-state index is -1.54. The normalized spacial score (nSPS) is 22.9. The highest BCUT2D eigenvalue weighted by Crippen LogP contribution is 2.23. The lowest BCUT2D eigenvalue weighted by atomic mass is 10.1. The molecule has 2 aliphatic heterocycles. The van der Waals surface area contributed by atoms with Gasteiger partial charge >= 0.3 is 0 Å². The third-order valence-electron chi connectivity index (χ3n) is 4.11. The number of amides is 1.